The van der Waals surface area contributed by atoms with Crippen molar-refractivity contribution in [1.82, 2.24) is 19.7 Å². The zero-order valence-electron chi connectivity index (χ0n) is 16.2. The number of benzene rings is 1. The first-order chi connectivity index (χ1) is 13.7. The highest BCUT2D eigenvalue weighted by atomic mass is 16.5. The minimum absolute atomic E-state index is 0.00963. The maximum absolute atomic E-state index is 13.2. The number of hydrogen-bond donors (Lipinski definition) is 0. The molecule has 0 saturated carbocycles. The van der Waals surface area contributed by atoms with E-state index in [1.807, 2.05) is 47.4 Å². The summed E-state index contributed by atoms with van der Waals surface area (Å²) >= 11 is 0. The molecule has 2 aromatic heterocycles. The summed E-state index contributed by atoms with van der Waals surface area (Å²) in [5.74, 6) is 0.528. The molecule has 0 radical (unpaired) electrons. The quantitative estimate of drug-likeness (QED) is 0.692. The molecule has 6 nitrogen and oxygen atoms in total. The van der Waals surface area contributed by atoms with Crippen molar-refractivity contribution in [1.29, 1.82) is 0 Å². The van der Waals surface area contributed by atoms with Crippen LogP contribution in [0.15, 0.2) is 54.7 Å². The van der Waals surface area contributed by atoms with Gasteiger partial charge in [-0.1, -0.05) is 30.3 Å². The van der Waals surface area contributed by atoms with Crippen LogP contribution in [0.4, 0.5) is 0 Å². The molecule has 1 unspecified atom stereocenters. The summed E-state index contributed by atoms with van der Waals surface area (Å²) in [6.45, 7) is 2.90. The van der Waals surface area contributed by atoms with Crippen LogP contribution in [0.1, 0.15) is 36.7 Å². The molecule has 1 aliphatic heterocycles. The van der Waals surface area contributed by atoms with Crippen LogP contribution in [0.5, 0.6) is 5.88 Å². The lowest BCUT2D eigenvalue weighted by atomic mass is 10.0. The minimum Gasteiger partial charge on any atom is -0.481 e. The third-order valence-corrected chi connectivity index (χ3v) is 5.24. The molecule has 28 heavy (non-hydrogen) atoms. The Kier molecular flexibility index (Phi) is 5.10. The van der Waals surface area contributed by atoms with E-state index < -0.39 is 0 Å². The van der Waals surface area contributed by atoms with E-state index in [0.29, 0.717) is 11.6 Å². The fourth-order valence-electron chi connectivity index (χ4n) is 3.66. The van der Waals surface area contributed by atoms with Crippen molar-refractivity contribution < 1.29 is 9.53 Å². The predicted octanol–water partition coefficient (Wildman–Crippen LogP) is 3.96. The van der Waals surface area contributed by atoms with Gasteiger partial charge in [-0.05, 0) is 38.3 Å². The second-order valence-corrected chi connectivity index (χ2v) is 7.09. The Morgan fingerprint density at radius 3 is 2.64 bits per heavy atom. The van der Waals surface area contributed by atoms with E-state index in [9.17, 15) is 4.79 Å². The van der Waals surface area contributed by atoms with Crippen molar-refractivity contribution in [3.63, 3.8) is 0 Å². The van der Waals surface area contributed by atoms with Crippen molar-refractivity contribution in [3.8, 4) is 22.8 Å². The molecule has 144 valence electrons. The molecule has 0 aliphatic carbocycles. The maximum atomic E-state index is 13.2. The Hall–Kier alpha value is -3.15. The average molecular weight is 376 g/mol. The third-order valence-electron chi connectivity index (χ3n) is 5.24. The number of methoxy groups -OCH3 is 1. The number of piperidine rings is 1. The van der Waals surface area contributed by atoms with Gasteiger partial charge in [-0.2, -0.15) is 5.10 Å². The number of hydrogen-bond acceptors (Lipinski definition) is 4. The number of rotatable bonds is 4. The Morgan fingerprint density at radius 1 is 1.14 bits per heavy atom. The minimum atomic E-state index is -0.00963. The van der Waals surface area contributed by atoms with Crippen LogP contribution in [-0.4, -0.2) is 45.3 Å². The number of aromatic nitrogens is 3. The Balaban J connectivity index is 1.76. The fourth-order valence-corrected chi connectivity index (χ4v) is 3.66. The summed E-state index contributed by atoms with van der Waals surface area (Å²) < 4.78 is 6.93. The van der Waals surface area contributed by atoms with Crippen molar-refractivity contribution in [3.05, 3.63) is 60.4 Å². The highest BCUT2D eigenvalue weighted by molar-refractivity contribution is 5.94. The van der Waals surface area contributed by atoms with Crippen LogP contribution in [0, 0.1) is 0 Å². The number of pyridine rings is 1. The number of nitrogens with zero attached hydrogens (tertiary/aromatic N) is 4. The lowest BCUT2D eigenvalue weighted by molar-refractivity contribution is 0.0629. The van der Waals surface area contributed by atoms with Crippen molar-refractivity contribution in [2.75, 3.05) is 13.7 Å². The van der Waals surface area contributed by atoms with Crippen LogP contribution in [0.25, 0.3) is 16.9 Å². The number of ether oxygens (including phenoxy) is 1. The van der Waals surface area contributed by atoms with Gasteiger partial charge in [0.05, 0.1) is 24.7 Å². The highest BCUT2D eigenvalue weighted by Gasteiger charge is 2.27. The van der Waals surface area contributed by atoms with E-state index in [2.05, 4.69) is 17.0 Å². The summed E-state index contributed by atoms with van der Waals surface area (Å²) in [6.07, 6.45) is 4.97. The first-order valence-corrected chi connectivity index (χ1v) is 9.64. The van der Waals surface area contributed by atoms with Crippen LogP contribution < -0.4 is 4.74 Å². The fraction of sp³-hybridized carbons (Fsp3) is 0.318. The molecule has 0 bridgehead atoms. The van der Waals surface area contributed by atoms with Crippen molar-refractivity contribution >= 4 is 5.91 Å². The van der Waals surface area contributed by atoms with Crippen LogP contribution in [0.3, 0.4) is 0 Å². The Labute approximate surface area is 164 Å². The van der Waals surface area contributed by atoms with Crippen molar-refractivity contribution in [2.45, 2.75) is 32.2 Å². The molecule has 1 aromatic carbocycles. The van der Waals surface area contributed by atoms with Gasteiger partial charge in [0.25, 0.3) is 5.91 Å². The SMILES string of the molecule is COc1ccc(-n2nc(C(=O)N3CCCCC3C)cc2-c2ccccc2)cn1. The number of likely N-dealkylation sites (tertiary alicyclic amines) is 1. The van der Waals surface area contributed by atoms with E-state index in [-0.39, 0.29) is 11.9 Å². The molecular weight excluding hydrogens is 352 g/mol. The normalized spacial score (nSPS) is 16.8. The van der Waals surface area contributed by atoms with Crippen molar-refractivity contribution in [2.24, 2.45) is 0 Å². The standard InChI is InChI=1S/C22H24N4O2/c1-16-8-6-7-13-25(16)22(27)19-14-20(17-9-4-3-5-10-17)26(24-19)18-11-12-21(28-2)23-15-18/h3-5,9-12,14-16H,6-8,13H2,1-2H3. The molecule has 1 aliphatic rings. The highest BCUT2D eigenvalue weighted by Crippen LogP contribution is 2.26. The molecule has 1 amide bonds. The van der Waals surface area contributed by atoms with Gasteiger partial charge in [0, 0.05) is 24.2 Å². The van der Waals surface area contributed by atoms with E-state index >= 15 is 0 Å². The first kappa shape index (κ1) is 18.2. The Morgan fingerprint density at radius 2 is 1.96 bits per heavy atom. The van der Waals surface area contributed by atoms with Gasteiger partial charge in [-0.3, -0.25) is 4.79 Å². The topological polar surface area (TPSA) is 60.3 Å². The second kappa shape index (κ2) is 7.84. The predicted molar refractivity (Wildman–Crippen MR) is 108 cm³/mol. The summed E-state index contributed by atoms with van der Waals surface area (Å²) in [4.78, 5) is 19.4. The van der Waals surface area contributed by atoms with Gasteiger partial charge in [0.1, 0.15) is 0 Å². The monoisotopic (exact) mass is 376 g/mol. The van der Waals surface area contributed by atoms with Crippen LogP contribution in [-0.2, 0) is 0 Å². The van der Waals surface area contributed by atoms with Crippen LogP contribution >= 0.6 is 0 Å². The smallest absolute Gasteiger partial charge is 0.274 e. The molecule has 0 spiro atoms. The number of amides is 1. The molecular formula is C22H24N4O2. The van der Waals surface area contributed by atoms with E-state index in [0.717, 1.165) is 36.3 Å². The van der Waals surface area contributed by atoms with E-state index in [1.54, 1.807) is 24.1 Å². The van der Waals surface area contributed by atoms with Crippen LogP contribution in [0.2, 0.25) is 0 Å². The summed E-state index contributed by atoms with van der Waals surface area (Å²) in [7, 11) is 1.59. The van der Waals surface area contributed by atoms with Gasteiger partial charge < -0.3 is 9.64 Å². The molecule has 6 heteroatoms. The summed E-state index contributed by atoms with van der Waals surface area (Å²) in [5.41, 5.74) is 3.10. The second-order valence-electron chi connectivity index (χ2n) is 7.09. The summed E-state index contributed by atoms with van der Waals surface area (Å²) in [5, 5.41) is 4.67. The molecule has 1 atom stereocenters. The molecule has 1 fully saturated rings. The van der Waals surface area contributed by atoms with Gasteiger partial charge in [-0.25, -0.2) is 9.67 Å². The zero-order chi connectivity index (χ0) is 19.5. The van der Waals surface area contributed by atoms with Gasteiger partial charge in [0.2, 0.25) is 5.88 Å². The summed E-state index contributed by atoms with van der Waals surface area (Å²) in [6, 6.07) is 15.8. The largest absolute Gasteiger partial charge is 0.481 e. The number of carbonyl (C=O) groups is 1. The molecule has 4 rings (SSSR count). The van der Waals surface area contributed by atoms with Gasteiger partial charge in [-0.15, -0.1) is 0 Å². The molecule has 3 heterocycles. The molecule has 3 aromatic rings. The first-order valence-electron chi connectivity index (χ1n) is 9.64. The molecule has 1 saturated heterocycles. The molecule has 0 N–H and O–H groups in total. The van der Waals surface area contributed by atoms with E-state index in [1.165, 1.54) is 6.42 Å². The lowest BCUT2D eigenvalue weighted by Crippen LogP contribution is -2.42. The van der Waals surface area contributed by atoms with Gasteiger partial charge in [0.15, 0.2) is 5.69 Å². The average Bonchev–Trinajstić information content (AvgIpc) is 3.20. The zero-order valence-corrected chi connectivity index (χ0v) is 16.2. The van der Waals surface area contributed by atoms with E-state index in [4.69, 9.17) is 4.74 Å². The third kappa shape index (κ3) is 3.50. The Bertz CT molecular complexity index is 950. The maximum Gasteiger partial charge on any atom is 0.274 e. The number of carbonyl (C=O) groups excluding carboxylic acids is 1. The lowest BCUT2D eigenvalue weighted by Gasteiger charge is -2.32. The van der Waals surface area contributed by atoms with Gasteiger partial charge >= 0.3 is 0 Å².